The minimum Gasteiger partial charge on any atom is -0.510 e. The Labute approximate surface area is 284 Å². The quantitative estimate of drug-likeness (QED) is 0.158. The summed E-state index contributed by atoms with van der Waals surface area (Å²) in [6, 6.07) is 6.86. The van der Waals surface area contributed by atoms with Crippen molar-refractivity contribution >= 4 is 23.4 Å². The van der Waals surface area contributed by atoms with E-state index in [4.69, 9.17) is 15.2 Å². The Balaban J connectivity index is 1.61. The molecule has 0 heterocycles. The SMILES string of the molecule is CCOC(=O)C(NCc1ccc(OC)c(-c2ccc(O)c3c2C[C@@H]2C[C@H]4[C@H](N(C)C)C(O)=C(C(N)=O)C(=O)[C@]4(O)C(O)=C2C3=O)c1)C(C)C. The highest BCUT2D eigenvalue weighted by Gasteiger charge is 2.63. The number of hydrogen-bond donors (Lipinski definition) is 6. The van der Waals surface area contributed by atoms with Gasteiger partial charge in [0.1, 0.15) is 34.6 Å². The fraction of sp³-hybridized carbons (Fsp3) is 0.444. The third-order valence-electron chi connectivity index (χ3n) is 9.89. The summed E-state index contributed by atoms with van der Waals surface area (Å²) in [5, 5.41) is 48.8. The fourth-order valence-electron chi connectivity index (χ4n) is 7.63. The van der Waals surface area contributed by atoms with E-state index in [1.807, 2.05) is 26.0 Å². The van der Waals surface area contributed by atoms with Gasteiger partial charge in [0, 0.05) is 23.6 Å². The van der Waals surface area contributed by atoms with E-state index in [0.717, 1.165) is 5.56 Å². The lowest BCUT2D eigenvalue weighted by molar-refractivity contribution is -0.148. The predicted molar refractivity (Wildman–Crippen MR) is 178 cm³/mol. The van der Waals surface area contributed by atoms with Crippen LogP contribution < -0.4 is 15.8 Å². The highest BCUT2D eigenvalue weighted by molar-refractivity contribution is 6.25. The molecule has 7 N–H and O–H groups in total. The third-order valence-corrected chi connectivity index (χ3v) is 9.89. The molecule has 0 radical (unpaired) electrons. The lowest BCUT2D eigenvalue weighted by Crippen LogP contribution is -2.63. The van der Waals surface area contributed by atoms with E-state index in [1.54, 1.807) is 33.2 Å². The van der Waals surface area contributed by atoms with Crippen LogP contribution in [-0.4, -0.2) is 94.3 Å². The van der Waals surface area contributed by atoms with E-state index < -0.39 is 64.1 Å². The molecule has 262 valence electrons. The zero-order chi connectivity index (χ0) is 36.1. The molecule has 13 nitrogen and oxygen atoms in total. The number of aromatic hydroxyl groups is 1. The number of carbonyl (C=O) groups is 4. The lowest BCUT2D eigenvalue weighted by atomic mass is 9.58. The number of phenols is 1. The highest BCUT2D eigenvalue weighted by Crippen LogP contribution is 2.53. The van der Waals surface area contributed by atoms with Gasteiger partial charge in [0.25, 0.3) is 5.91 Å². The number of carbonyl (C=O) groups excluding carboxylic acids is 4. The number of Topliss-reactive ketones (excluding diaryl/α,β-unsaturated/α-hetero) is 2. The number of primary amides is 1. The van der Waals surface area contributed by atoms with Crippen LogP contribution in [0.15, 0.2) is 53.0 Å². The molecule has 2 aromatic carbocycles. The number of benzene rings is 2. The number of rotatable bonds is 10. The molecule has 0 aromatic heterocycles. The molecule has 0 saturated carbocycles. The molecule has 0 spiro atoms. The van der Waals surface area contributed by atoms with Gasteiger partial charge in [-0.05, 0) is 80.6 Å². The summed E-state index contributed by atoms with van der Waals surface area (Å²) in [6.45, 7) is 6.15. The van der Waals surface area contributed by atoms with Crippen molar-refractivity contribution < 1.29 is 49.1 Å². The number of fused-ring (bicyclic) bond motifs is 3. The largest absolute Gasteiger partial charge is 0.510 e. The van der Waals surface area contributed by atoms with Crippen molar-refractivity contribution in [3.05, 3.63) is 69.7 Å². The molecule has 13 heteroatoms. The normalized spacial score (nSPS) is 24.1. The average Bonchev–Trinajstić information content (AvgIpc) is 3.02. The molecule has 5 rings (SSSR count). The molecular formula is C36H43N3O10. The Bertz CT molecular complexity index is 1790. The van der Waals surface area contributed by atoms with Gasteiger partial charge in [-0.2, -0.15) is 0 Å². The number of nitrogens with two attached hydrogens (primary N) is 1. The van der Waals surface area contributed by atoms with Crippen molar-refractivity contribution in [2.45, 2.75) is 57.8 Å². The van der Waals surface area contributed by atoms with Gasteiger partial charge in [-0.3, -0.25) is 24.1 Å². The lowest BCUT2D eigenvalue weighted by Gasteiger charge is -2.50. The monoisotopic (exact) mass is 677 g/mol. The summed E-state index contributed by atoms with van der Waals surface area (Å²) < 4.78 is 10.9. The van der Waals surface area contributed by atoms with Gasteiger partial charge in [0.05, 0.1) is 25.3 Å². The van der Waals surface area contributed by atoms with Gasteiger partial charge in [-0.15, -0.1) is 0 Å². The maximum Gasteiger partial charge on any atom is 0.323 e. The van der Waals surface area contributed by atoms with Crippen molar-refractivity contribution in [3.63, 3.8) is 0 Å². The number of phenolic OH excluding ortho intramolecular Hbond substituents is 1. The molecule has 0 aliphatic heterocycles. The molecule has 3 aliphatic carbocycles. The van der Waals surface area contributed by atoms with Gasteiger partial charge in [0.15, 0.2) is 11.4 Å². The summed E-state index contributed by atoms with van der Waals surface area (Å²) in [6.07, 6.45) is 0.0780. The van der Waals surface area contributed by atoms with Crippen LogP contribution in [0.4, 0.5) is 0 Å². The van der Waals surface area contributed by atoms with Crippen LogP contribution in [-0.2, 0) is 32.1 Å². The molecule has 3 aliphatic rings. The number of ether oxygens (including phenoxy) is 2. The highest BCUT2D eigenvalue weighted by atomic mass is 16.5. The first-order valence-corrected chi connectivity index (χ1v) is 16.2. The van der Waals surface area contributed by atoms with Crippen molar-refractivity contribution in [1.82, 2.24) is 10.2 Å². The van der Waals surface area contributed by atoms with Crippen LogP contribution in [0.5, 0.6) is 11.5 Å². The second kappa shape index (κ2) is 13.3. The van der Waals surface area contributed by atoms with E-state index in [-0.39, 0.29) is 48.2 Å². The van der Waals surface area contributed by atoms with Crippen molar-refractivity contribution in [3.8, 4) is 22.6 Å². The number of hydrogen-bond acceptors (Lipinski definition) is 12. The number of amides is 1. The smallest absolute Gasteiger partial charge is 0.323 e. The van der Waals surface area contributed by atoms with Gasteiger partial charge >= 0.3 is 5.97 Å². The number of methoxy groups -OCH3 is 1. The summed E-state index contributed by atoms with van der Waals surface area (Å²) in [5.41, 5.74) is 3.95. The number of nitrogens with one attached hydrogen (secondary N) is 1. The third kappa shape index (κ3) is 5.75. The predicted octanol–water partition coefficient (Wildman–Crippen LogP) is 2.47. The molecule has 0 saturated heterocycles. The minimum absolute atomic E-state index is 0.0353. The molecule has 0 bridgehead atoms. The first-order chi connectivity index (χ1) is 23.1. The summed E-state index contributed by atoms with van der Waals surface area (Å²) >= 11 is 0. The standard InChI is InChI=1S/C36H43N3O10/c1-7-49-35(46)28(16(2)3)38-15-17-8-11-24(48-6)20(12-17)19-9-10-23(40)26-21(19)13-18-14-22-29(39(4)5)31(42)27(34(37)45)33(44)36(22,47)32(43)25(18)30(26)41/h8-12,16,18,22,28-29,38,40,42-43,47H,7,13-15H2,1-6H3,(H2,37,45)/t18-,22+,28?,29+,36-/m1/s1. The van der Waals surface area contributed by atoms with Crippen molar-refractivity contribution in [1.29, 1.82) is 0 Å². The zero-order valence-electron chi connectivity index (χ0n) is 28.4. The van der Waals surface area contributed by atoms with Crippen LogP contribution in [0.3, 0.4) is 0 Å². The second-order valence-corrected chi connectivity index (χ2v) is 13.3. The van der Waals surface area contributed by atoms with E-state index in [1.165, 1.54) is 18.1 Å². The van der Waals surface area contributed by atoms with E-state index in [9.17, 15) is 39.6 Å². The van der Waals surface area contributed by atoms with Crippen LogP contribution >= 0.6 is 0 Å². The Kier molecular flexibility index (Phi) is 9.66. The maximum absolute atomic E-state index is 14.2. The van der Waals surface area contributed by atoms with Crippen LogP contribution in [0.25, 0.3) is 11.1 Å². The second-order valence-electron chi connectivity index (χ2n) is 13.3. The first-order valence-electron chi connectivity index (χ1n) is 16.2. The van der Waals surface area contributed by atoms with Crippen LogP contribution in [0.1, 0.15) is 48.7 Å². The number of esters is 1. The molecule has 1 unspecified atom stereocenters. The number of aliphatic hydroxyl groups is 3. The van der Waals surface area contributed by atoms with Gasteiger partial charge in [0.2, 0.25) is 5.78 Å². The van der Waals surface area contributed by atoms with E-state index in [0.29, 0.717) is 29.0 Å². The van der Waals surface area contributed by atoms with Gasteiger partial charge in [-0.25, -0.2) is 0 Å². The summed E-state index contributed by atoms with van der Waals surface area (Å²) in [5.74, 6) is -7.06. The number of likely N-dealkylation sites (N-methyl/N-ethyl adjacent to an activating group) is 1. The number of nitrogens with zero attached hydrogens (tertiary/aromatic N) is 1. The van der Waals surface area contributed by atoms with Crippen molar-refractivity contribution in [2.75, 3.05) is 27.8 Å². The Morgan fingerprint density at radius 2 is 1.80 bits per heavy atom. The Hall–Kier alpha value is -4.72. The topological polar surface area (TPSA) is 209 Å². The van der Waals surface area contributed by atoms with E-state index >= 15 is 0 Å². The molecule has 1 amide bonds. The number of ketones is 2. The number of aliphatic hydroxyl groups excluding tert-OH is 2. The maximum atomic E-state index is 14.2. The zero-order valence-corrected chi connectivity index (χ0v) is 28.4. The summed E-state index contributed by atoms with van der Waals surface area (Å²) in [7, 11) is 4.66. The van der Waals surface area contributed by atoms with Crippen LogP contribution in [0.2, 0.25) is 0 Å². The van der Waals surface area contributed by atoms with E-state index in [2.05, 4.69) is 5.32 Å². The fourth-order valence-corrected chi connectivity index (χ4v) is 7.63. The van der Waals surface area contributed by atoms with Gasteiger partial charge < -0.3 is 41.0 Å². The molecule has 2 aromatic rings. The summed E-state index contributed by atoms with van der Waals surface area (Å²) in [4.78, 5) is 54.1. The van der Waals surface area contributed by atoms with Crippen molar-refractivity contribution in [2.24, 2.45) is 23.5 Å². The molecule has 0 fully saturated rings. The molecular weight excluding hydrogens is 634 g/mol. The Morgan fingerprint density at radius 1 is 1.10 bits per heavy atom. The number of allylic oxidation sites excluding steroid dienone is 1. The average molecular weight is 678 g/mol. The first kappa shape index (κ1) is 35.6. The Morgan fingerprint density at radius 3 is 2.39 bits per heavy atom. The van der Waals surface area contributed by atoms with Gasteiger partial charge in [-0.1, -0.05) is 26.0 Å². The minimum atomic E-state index is -2.72. The van der Waals surface area contributed by atoms with Crippen LogP contribution in [0, 0.1) is 17.8 Å². The molecule has 49 heavy (non-hydrogen) atoms. The molecule has 5 atom stereocenters.